The monoisotopic (exact) mass is 465 g/mol. The van der Waals surface area contributed by atoms with E-state index in [-0.39, 0.29) is 18.3 Å². The summed E-state index contributed by atoms with van der Waals surface area (Å²) in [5, 5.41) is 10.4. The van der Waals surface area contributed by atoms with Gasteiger partial charge < -0.3 is 10.1 Å². The molecule has 8 heteroatoms. The Bertz CT molecular complexity index is 1530. The van der Waals surface area contributed by atoms with Crippen LogP contribution in [0.1, 0.15) is 28.7 Å². The maximum Gasteiger partial charge on any atom is 0.311 e. The first-order valence-electron chi connectivity index (χ1n) is 11.3. The Hall–Kier alpha value is -4.59. The topological polar surface area (TPSA) is 99.0 Å². The molecule has 1 N–H and O–H groups in total. The Morgan fingerprint density at radius 3 is 2.54 bits per heavy atom. The molecule has 3 aromatic carbocycles. The molecule has 174 valence electrons. The fourth-order valence-corrected chi connectivity index (χ4v) is 3.97. The molecule has 0 aliphatic carbocycles. The van der Waals surface area contributed by atoms with Crippen molar-refractivity contribution in [1.82, 2.24) is 19.7 Å². The number of carbonyl (C=O) groups excluding carboxylic acids is 2. The number of carbonyl (C=O) groups is 2. The van der Waals surface area contributed by atoms with E-state index in [9.17, 15) is 9.59 Å². The van der Waals surface area contributed by atoms with E-state index in [1.165, 1.54) is 6.20 Å². The Kier molecular flexibility index (Phi) is 6.17. The molecule has 0 radical (unpaired) electrons. The number of ether oxygens (including phenoxy) is 1. The van der Waals surface area contributed by atoms with Crippen molar-refractivity contribution < 1.29 is 14.3 Å². The van der Waals surface area contributed by atoms with Crippen LogP contribution in [0.5, 0.6) is 0 Å². The fourth-order valence-electron chi connectivity index (χ4n) is 3.97. The molecule has 5 aromatic rings. The minimum absolute atomic E-state index is 0.104. The van der Waals surface area contributed by atoms with Crippen LogP contribution in [0.4, 0.5) is 5.82 Å². The highest BCUT2D eigenvalue weighted by Crippen LogP contribution is 2.20. The van der Waals surface area contributed by atoms with Crippen LogP contribution >= 0.6 is 0 Å². The maximum atomic E-state index is 12.7. The number of hydrogen-bond acceptors (Lipinski definition) is 6. The van der Waals surface area contributed by atoms with Crippen LogP contribution < -0.4 is 5.32 Å². The molecule has 0 aliphatic heterocycles. The zero-order chi connectivity index (χ0) is 24.2. The normalized spacial score (nSPS) is 11.0. The molecule has 2 heterocycles. The van der Waals surface area contributed by atoms with Crippen LogP contribution in [-0.2, 0) is 22.5 Å². The third-order valence-corrected chi connectivity index (χ3v) is 5.62. The van der Waals surface area contributed by atoms with Gasteiger partial charge in [0.25, 0.3) is 5.91 Å². The predicted octanol–water partition coefficient (Wildman–Crippen LogP) is 4.39. The highest BCUT2D eigenvalue weighted by Gasteiger charge is 2.15. The van der Waals surface area contributed by atoms with Crippen LogP contribution in [-0.4, -0.2) is 38.2 Å². The van der Waals surface area contributed by atoms with Crippen molar-refractivity contribution in [2.75, 3.05) is 11.9 Å². The van der Waals surface area contributed by atoms with Crippen molar-refractivity contribution in [1.29, 1.82) is 0 Å². The van der Waals surface area contributed by atoms with Gasteiger partial charge in [0.05, 0.1) is 48.9 Å². The van der Waals surface area contributed by atoms with Gasteiger partial charge >= 0.3 is 5.97 Å². The van der Waals surface area contributed by atoms with E-state index < -0.39 is 0 Å². The SMILES string of the molecule is CCOC(=O)Cc1nn(Cc2cnc(NC(=O)c3ccc4ccccc4c3)cn2)c2ccccc12. The molecular weight excluding hydrogens is 442 g/mol. The smallest absolute Gasteiger partial charge is 0.311 e. The minimum atomic E-state index is -0.311. The lowest BCUT2D eigenvalue weighted by Gasteiger charge is -2.07. The number of rotatable bonds is 7. The van der Waals surface area contributed by atoms with Gasteiger partial charge in [0.2, 0.25) is 0 Å². The molecule has 0 fully saturated rings. The number of aromatic nitrogens is 4. The molecule has 0 unspecified atom stereocenters. The van der Waals surface area contributed by atoms with Gasteiger partial charge in [-0.1, -0.05) is 48.5 Å². The van der Waals surface area contributed by atoms with E-state index in [1.54, 1.807) is 23.9 Å². The van der Waals surface area contributed by atoms with Crippen molar-refractivity contribution in [2.45, 2.75) is 19.9 Å². The third-order valence-electron chi connectivity index (χ3n) is 5.62. The summed E-state index contributed by atoms with van der Waals surface area (Å²) in [5.74, 6) is -0.200. The van der Waals surface area contributed by atoms with Crippen LogP contribution in [0.2, 0.25) is 0 Å². The third kappa shape index (κ3) is 4.86. The van der Waals surface area contributed by atoms with E-state index >= 15 is 0 Å². The average Bonchev–Trinajstić information content (AvgIpc) is 3.22. The summed E-state index contributed by atoms with van der Waals surface area (Å²) in [6, 6.07) is 21.2. The van der Waals surface area contributed by atoms with Crippen molar-refractivity contribution in [3.63, 3.8) is 0 Å². The van der Waals surface area contributed by atoms with Crippen molar-refractivity contribution in [3.8, 4) is 0 Å². The largest absolute Gasteiger partial charge is 0.466 e. The van der Waals surface area contributed by atoms with Gasteiger partial charge in [-0.25, -0.2) is 4.98 Å². The summed E-state index contributed by atoms with van der Waals surface area (Å²) in [5.41, 5.74) is 2.77. The molecule has 0 spiro atoms. The Morgan fingerprint density at radius 1 is 0.943 bits per heavy atom. The van der Waals surface area contributed by atoms with Gasteiger partial charge in [0.1, 0.15) is 0 Å². The maximum absolute atomic E-state index is 12.7. The van der Waals surface area contributed by atoms with Crippen LogP contribution in [0.15, 0.2) is 79.1 Å². The number of fused-ring (bicyclic) bond motifs is 2. The average molecular weight is 466 g/mol. The highest BCUT2D eigenvalue weighted by molar-refractivity contribution is 6.06. The first-order valence-corrected chi connectivity index (χ1v) is 11.3. The summed E-state index contributed by atoms with van der Waals surface area (Å²) in [6.07, 6.45) is 3.24. The minimum Gasteiger partial charge on any atom is -0.466 e. The number of benzene rings is 3. The summed E-state index contributed by atoms with van der Waals surface area (Å²) < 4.78 is 6.87. The van der Waals surface area contributed by atoms with Crippen LogP contribution in [0.25, 0.3) is 21.7 Å². The number of hydrogen-bond donors (Lipinski definition) is 1. The second kappa shape index (κ2) is 9.72. The molecular formula is C27H23N5O3. The number of para-hydroxylation sites is 1. The van der Waals surface area contributed by atoms with Gasteiger partial charge in [-0.05, 0) is 35.9 Å². The molecule has 0 saturated heterocycles. The molecule has 35 heavy (non-hydrogen) atoms. The van der Waals surface area contributed by atoms with E-state index in [0.29, 0.717) is 35.9 Å². The van der Waals surface area contributed by atoms with Gasteiger partial charge in [-0.3, -0.25) is 19.3 Å². The van der Waals surface area contributed by atoms with Gasteiger partial charge in [-0.2, -0.15) is 5.10 Å². The summed E-state index contributed by atoms with van der Waals surface area (Å²) in [7, 11) is 0. The lowest BCUT2D eigenvalue weighted by molar-refractivity contribution is -0.142. The van der Waals surface area contributed by atoms with E-state index in [4.69, 9.17) is 4.74 Å². The number of amides is 1. The lowest BCUT2D eigenvalue weighted by atomic mass is 10.1. The molecule has 8 nitrogen and oxygen atoms in total. The summed E-state index contributed by atoms with van der Waals surface area (Å²) in [6.45, 7) is 2.48. The number of anilines is 1. The Morgan fingerprint density at radius 2 is 1.74 bits per heavy atom. The quantitative estimate of drug-likeness (QED) is 0.358. The summed E-state index contributed by atoms with van der Waals surface area (Å²) in [4.78, 5) is 33.5. The first kappa shape index (κ1) is 22.2. The predicted molar refractivity (Wildman–Crippen MR) is 133 cm³/mol. The zero-order valence-electron chi connectivity index (χ0n) is 19.1. The standard InChI is InChI=1S/C27H23N5O3/c1-2-35-26(33)14-23-22-9-5-6-10-24(22)32(31-23)17-21-15-29-25(16-28-21)30-27(34)20-12-11-18-7-3-4-8-19(18)13-20/h3-13,15-16H,2,14,17H2,1H3,(H,29,30,34). The molecule has 2 aromatic heterocycles. The number of esters is 1. The van der Waals surface area contributed by atoms with Gasteiger partial charge in [0, 0.05) is 10.9 Å². The zero-order valence-corrected chi connectivity index (χ0v) is 19.1. The molecule has 0 atom stereocenters. The van der Waals surface area contributed by atoms with Crippen molar-refractivity contribution >= 4 is 39.4 Å². The lowest BCUT2D eigenvalue weighted by Crippen LogP contribution is -2.14. The van der Waals surface area contributed by atoms with E-state index in [2.05, 4.69) is 20.4 Å². The van der Waals surface area contributed by atoms with Crippen LogP contribution in [0.3, 0.4) is 0 Å². The van der Waals surface area contributed by atoms with Gasteiger partial charge in [0.15, 0.2) is 5.82 Å². The molecule has 5 rings (SSSR count). The van der Waals surface area contributed by atoms with Gasteiger partial charge in [-0.15, -0.1) is 0 Å². The fraction of sp³-hybridized carbons (Fsp3) is 0.148. The highest BCUT2D eigenvalue weighted by atomic mass is 16.5. The molecule has 0 bridgehead atoms. The number of nitrogens with zero attached hydrogens (tertiary/aromatic N) is 4. The van der Waals surface area contributed by atoms with Crippen molar-refractivity contribution in [3.05, 3.63) is 96.1 Å². The van der Waals surface area contributed by atoms with E-state index in [0.717, 1.165) is 21.7 Å². The second-order valence-electron chi connectivity index (χ2n) is 8.01. The Labute approximate surface area is 201 Å². The van der Waals surface area contributed by atoms with Crippen LogP contribution in [0, 0.1) is 0 Å². The molecule has 1 amide bonds. The molecule has 0 saturated carbocycles. The summed E-state index contributed by atoms with van der Waals surface area (Å²) >= 11 is 0. The molecule has 0 aliphatic rings. The second-order valence-corrected chi connectivity index (χ2v) is 8.01. The Balaban J connectivity index is 1.31. The first-order chi connectivity index (χ1) is 17.1. The van der Waals surface area contributed by atoms with Crippen molar-refractivity contribution in [2.24, 2.45) is 0 Å². The number of nitrogens with one attached hydrogen (secondary N) is 1. The van der Waals surface area contributed by atoms with E-state index in [1.807, 2.05) is 60.7 Å².